The minimum Gasteiger partial charge on any atom is -0.300 e. The van der Waals surface area contributed by atoms with Gasteiger partial charge in [-0.05, 0) is 17.7 Å². The molecule has 0 fully saturated rings. The summed E-state index contributed by atoms with van der Waals surface area (Å²) >= 11 is 1.34. The van der Waals surface area contributed by atoms with Gasteiger partial charge in [0.05, 0.1) is 10.6 Å². The maximum absolute atomic E-state index is 12.2. The molecule has 1 aromatic heterocycles. The number of thioether (sulfide) groups is 1. The van der Waals surface area contributed by atoms with Crippen LogP contribution in [0.25, 0.3) is 11.3 Å². The van der Waals surface area contributed by atoms with Crippen molar-refractivity contribution in [3.8, 4) is 17.3 Å². The third-order valence-corrected chi connectivity index (χ3v) is 4.52. The van der Waals surface area contributed by atoms with E-state index in [4.69, 9.17) is 0 Å². The smallest absolute Gasteiger partial charge is 0.270 e. The lowest BCUT2D eigenvalue weighted by Crippen LogP contribution is -2.14. The van der Waals surface area contributed by atoms with E-state index in [1.165, 1.54) is 36.0 Å². The van der Waals surface area contributed by atoms with E-state index in [1.807, 2.05) is 36.4 Å². The van der Waals surface area contributed by atoms with Crippen LogP contribution in [0.15, 0.2) is 64.5 Å². The number of non-ortho nitro benzene ring substituents is 1. The maximum atomic E-state index is 12.2. The fourth-order valence-corrected chi connectivity index (χ4v) is 3.12. The lowest BCUT2D eigenvalue weighted by atomic mass is 10.1. The first-order valence-corrected chi connectivity index (χ1v) is 8.53. The first-order chi connectivity index (χ1) is 12.6. The molecule has 3 aromatic rings. The molecule has 2 aromatic carbocycles. The zero-order chi connectivity index (χ0) is 18.5. The predicted octanol–water partition coefficient (Wildman–Crippen LogP) is 3.51. The Morgan fingerprint density at radius 2 is 1.85 bits per heavy atom. The number of aromatic amines is 1. The van der Waals surface area contributed by atoms with Crippen molar-refractivity contribution in [1.82, 2.24) is 9.97 Å². The minimum atomic E-state index is -0.536. The van der Waals surface area contributed by atoms with Crippen LogP contribution in [0.1, 0.15) is 11.1 Å². The van der Waals surface area contributed by atoms with Gasteiger partial charge in [-0.3, -0.25) is 14.9 Å². The second-order valence-electron chi connectivity index (χ2n) is 5.28. The molecule has 0 atom stereocenters. The van der Waals surface area contributed by atoms with Crippen molar-refractivity contribution >= 4 is 17.4 Å². The highest BCUT2D eigenvalue weighted by Crippen LogP contribution is 2.25. The quantitative estimate of drug-likeness (QED) is 0.321. The van der Waals surface area contributed by atoms with Crippen LogP contribution in [0.2, 0.25) is 0 Å². The zero-order valence-corrected chi connectivity index (χ0v) is 14.2. The van der Waals surface area contributed by atoms with Crippen LogP contribution in [0.5, 0.6) is 0 Å². The summed E-state index contributed by atoms with van der Waals surface area (Å²) in [5, 5.41) is 20.4. The van der Waals surface area contributed by atoms with Crippen LogP contribution >= 0.6 is 11.8 Å². The largest absolute Gasteiger partial charge is 0.300 e. The van der Waals surface area contributed by atoms with Crippen molar-refractivity contribution in [2.75, 3.05) is 0 Å². The van der Waals surface area contributed by atoms with E-state index in [-0.39, 0.29) is 16.9 Å². The summed E-state index contributed by atoms with van der Waals surface area (Å²) in [6.45, 7) is 0. The molecule has 0 spiro atoms. The van der Waals surface area contributed by atoms with Crippen LogP contribution in [0.3, 0.4) is 0 Å². The third-order valence-electron chi connectivity index (χ3n) is 3.58. The molecule has 128 valence electrons. The summed E-state index contributed by atoms with van der Waals surface area (Å²) in [5.74, 6) is 0.607. The average Bonchev–Trinajstić information content (AvgIpc) is 2.67. The Morgan fingerprint density at radius 1 is 1.15 bits per heavy atom. The monoisotopic (exact) mass is 364 g/mol. The SMILES string of the molecule is N#Cc1c(-c2ccc([N+](=O)[O-])cc2)nc(SCc2ccccc2)[nH]c1=O. The molecule has 7 nitrogen and oxygen atoms in total. The Hall–Kier alpha value is -3.44. The molecule has 0 saturated heterocycles. The van der Waals surface area contributed by atoms with Crippen LogP contribution < -0.4 is 5.56 Å². The van der Waals surface area contributed by atoms with Crippen molar-refractivity contribution in [1.29, 1.82) is 5.26 Å². The topological polar surface area (TPSA) is 113 Å². The van der Waals surface area contributed by atoms with E-state index in [1.54, 1.807) is 0 Å². The number of aromatic nitrogens is 2. The van der Waals surface area contributed by atoms with Gasteiger partial charge in [0.2, 0.25) is 0 Å². The molecule has 0 amide bonds. The van der Waals surface area contributed by atoms with Crippen molar-refractivity contribution in [3.05, 3.63) is 86.2 Å². The highest BCUT2D eigenvalue weighted by molar-refractivity contribution is 7.98. The van der Waals surface area contributed by atoms with Gasteiger partial charge in [-0.15, -0.1) is 0 Å². The fourth-order valence-electron chi connectivity index (χ4n) is 2.30. The van der Waals surface area contributed by atoms with Crippen molar-refractivity contribution in [2.45, 2.75) is 10.9 Å². The summed E-state index contributed by atoms with van der Waals surface area (Å²) in [6.07, 6.45) is 0. The van der Waals surface area contributed by atoms with Gasteiger partial charge in [0.25, 0.3) is 11.2 Å². The highest BCUT2D eigenvalue weighted by Gasteiger charge is 2.15. The average molecular weight is 364 g/mol. The number of H-pyrrole nitrogens is 1. The predicted molar refractivity (Wildman–Crippen MR) is 97.7 cm³/mol. The van der Waals surface area contributed by atoms with Gasteiger partial charge in [-0.1, -0.05) is 42.1 Å². The number of nitriles is 1. The second-order valence-corrected chi connectivity index (χ2v) is 6.25. The van der Waals surface area contributed by atoms with Crippen LogP contribution in [-0.4, -0.2) is 14.9 Å². The number of benzene rings is 2. The van der Waals surface area contributed by atoms with Crippen molar-refractivity contribution < 1.29 is 4.92 Å². The van der Waals surface area contributed by atoms with Gasteiger partial charge in [0.1, 0.15) is 11.6 Å². The van der Waals surface area contributed by atoms with Crippen LogP contribution in [0, 0.1) is 21.4 Å². The number of nitrogens with zero attached hydrogens (tertiary/aromatic N) is 3. The summed E-state index contributed by atoms with van der Waals surface area (Å²) in [5.41, 5.74) is 1.02. The Bertz CT molecular complexity index is 1040. The van der Waals surface area contributed by atoms with E-state index < -0.39 is 10.5 Å². The molecule has 0 radical (unpaired) electrons. The molecular weight excluding hydrogens is 352 g/mol. The van der Waals surface area contributed by atoms with E-state index in [0.29, 0.717) is 16.5 Å². The number of nitro benzene ring substituents is 1. The number of nitrogens with one attached hydrogen (secondary N) is 1. The Morgan fingerprint density at radius 3 is 2.46 bits per heavy atom. The van der Waals surface area contributed by atoms with E-state index in [9.17, 15) is 20.2 Å². The molecule has 8 heteroatoms. The highest BCUT2D eigenvalue weighted by atomic mass is 32.2. The third kappa shape index (κ3) is 3.79. The van der Waals surface area contributed by atoms with Gasteiger partial charge in [0, 0.05) is 23.4 Å². The van der Waals surface area contributed by atoms with E-state index in [2.05, 4.69) is 9.97 Å². The molecule has 0 unspecified atom stereocenters. The number of hydrogen-bond acceptors (Lipinski definition) is 6. The lowest BCUT2D eigenvalue weighted by Gasteiger charge is -2.06. The molecule has 0 aliphatic carbocycles. The first-order valence-electron chi connectivity index (χ1n) is 7.54. The fraction of sp³-hybridized carbons (Fsp3) is 0.0556. The summed E-state index contributed by atoms with van der Waals surface area (Å²) in [6, 6.07) is 17.1. The lowest BCUT2D eigenvalue weighted by molar-refractivity contribution is -0.384. The molecule has 0 aliphatic heterocycles. The van der Waals surface area contributed by atoms with E-state index >= 15 is 0 Å². The summed E-state index contributed by atoms with van der Waals surface area (Å²) < 4.78 is 0. The van der Waals surface area contributed by atoms with E-state index in [0.717, 1.165) is 5.56 Å². The summed E-state index contributed by atoms with van der Waals surface area (Å²) in [4.78, 5) is 29.5. The Labute approximate surface area is 152 Å². The molecule has 3 rings (SSSR count). The molecule has 0 saturated carbocycles. The Balaban J connectivity index is 1.96. The number of rotatable bonds is 5. The van der Waals surface area contributed by atoms with Gasteiger partial charge in [0.15, 0.2) is 5.16 Å². The van der Waals surface area contributed by atoms with Crippen LogP contribution in [-0.2, 0) is 5.75 Å². The molecule has 0 aliphatic rings. The molecule has 0 bridgehead atoms. The molecule has 26 heavy (non-hydrogen) atoms. The van der Waals surface area contributed by atoms with Gasteiger partial charge in [-0.2, -0.15) is 5.26 Å². The molecular formula is C18H12N4O3S. The first kappa shape index (κ1) is 17.4. The Kier molecular flexibility index (Phi) is 5.10. The normalized spacial score (nSPS) is 10.3. The molecule has 1 heterocycles. The van der Waals surface area contributed by atoms with Crippen molar-refractivity contribution in [3.63, 3.8) is 0 Å². The standard InChI is InChI=1S/C18H12N4O3S/c19-10-15-16(13-6-8-14(9-7-13)22(24)25)20-18(21-17(15)23)26-11-12-4-2-1-3-5-12/h1-9H,11H2,(H,20,21,23). The molecule has 1 N–H and O–H groups in total. The van der Waals surface area contributed by atoms with Gasteiger partial charge < -0.3 is 4.98 Å². The van der Waals surface area contributed by atoms with Gasteiger partial charge in [-0.25, -0.2) is 4.98 Å². The second kappa shape index (κ2) is 7.63. The minimum absolute atomic E-state index is 0.0734. The van der Waals surface area contributed by atoms with Gasteiger partial charge >= 0.3 is 0 Å². The maximum Gasteiger partial charge on any atom is 0.270 e. The van der Waals surface area contributed by atoms with Crippen LogP contribution in [0.4, 0.5) is 5.69 Å². The zero-order valence-electron chi connectivity index (χ0n) is 13.4. The van der Waals surface area contributed by atoms with Crippen molar-refractivity contribution in [2.24, 2.45) is 0 Å². The number of nitro groups is 1. The number of hydrogen-bond donors (Lipinski definition) is 1. The summed E-state index contributed by atoms with van der Waals surface area (Å²) in [7, 11) is 0.